The van der Waals surface area contributed by atoms with E-state index >= 15 is 0 Å². The molecule has 0 bridgehead atoms. The van der Waals surface area contributed by atoms with Crippen LogP contribution in [0.5, 0.6) is 0 Å². The monoisotopic (exact) mass is 662 g/mol. The Balaban J connectivity index is 1.07. The molecule has 2 heteroatoms. The van der Waals surface area contributed by atoms with Crippen molar-refractivity contribution < 1.29 is 0 Å². The van der Waals surface area contributed by atoms with E-state index < -0.39 is 0 Å². The minimum atomic E-state index is 0.951. The molecule has 0 unspecified atom stereocenters. The van der Waals surface area contributed by atoms with E-state index in [1.807, 2.05) is 30.3 Å². The van der Waals surface area contributed by atoms with Crippen molar-refractivity contribution in [2.24, 2.45) is 0 Å². The topological polar surface area (TPSA) is 6.48 Å². The largest absolute Gasteiger partial charge is 0.311 e. The first-order chi connectivity index (χ1) is 25.8. The molecule has 6 aromatic rings. The van der Waals surface area contributed by atoms with Gasteiger partial charge in [-0.15, -0.1) is 0 Å². The molecule has 0 heterocycles. The Kier molecular flexibility index (Phi) is 9.29. The highest BCUT2D eigenvalue weighted by atomic mass is 15.1. The van der Waals surface area contributed by atoms with Gasteiger partial charge in [0.05, 0.1) is 0 Å². The second-order valence-electron chi connectivity index (χ2n) is 12.3. The molecule has 6 aromatic carbocycles. The number of hydrogen-bond acceptors (Lipinski definition) is 2. The average molecular weight is 663 g/mol. The lowest BCUT2D eigenvalue weighted by Crippen LogP contribution is -2.09. The van der Waals surface area contributed by atoms with Gasteiger partial charge in [0.1, 0.15) is 0 Å². The van der Waals surface area contributed by atoms with Gasteiger partial charge < -0.3 is 9.80 Å². The number of anilines is 6. The van der Waals surface area contributed by atoms with Crippen LogP contribution in [0.4, 0.5) is 34.1 Å². The van der Waals surface area contributed by atoms with E-state index in [1.165, 1.54) is 0 Å². The lowest BCUT2D eigenvalue weighted by Gasteiger charge is -2.25. The van der Waals surface area contributed by atoms with E-state index in [2.05, 4.69) is 209 Å². The fourth-order valence-corrected chi connectivity index (χ4v) is 6.39. The van der Waals surface area contributed by atoms with Crippen molar-refractivity contribution in [3.8, 4) is 34.8 Å². The van der Waals surface area contributed by atoms with Crippen LogP contribution in [0.1, 0.15) is 22.3 Å². The molecule has 0 saturated carbocycles. The third-order valence-electron chi connectivity index (χ3n) is 8.90. The maximum atomic E-state index is 3.46. The number of nitrogens with zero attached hydrogens (tertiary/aromatic N) is 2. The van der Waals surface area contributed by atoms with Gasteiger partial charge in [-0.25, -0.2) is 0 Å². The summed E-state index contributed by atoms with van der Waals surface area (Å²) in [5.74, 6) is 13.8. The van der Waals surface area contributed by atoms with Crippen molar-refractivity contribution in [3.05, 3.63) is 229 Å². The molecular formula is C50H34N2. The molecular weight excluding hydrogens is 629 g/mol. The summed E-state index contributed by atoms with van der Waals surface area (Å²) in [6, 6.07) is 71.1. The molecule has 0 amide bonds. The zero-order chi connectivity index (χ0) is 35.0. The predicted molar refractivity (Wildman–Crippen MR) is 217 cm³/mol. The van der Waals surface area contributed by atoms with E-state index in [0.717, 1.165) is 67.5 Å². The Hall–Kier alpha value is -7.26. The summed E-state index contributed by atoms with van der Waals surface area (Å²) >= 11 is 0. The van der Waals surface area contributed by atoms with Gasteiger partial charge in [-0.05, 0) is 114 Å². The van der Waals surface area contributed by atoms with Gasteiger partial charge >= 0.3 is 0 Å². The lowest BCUT2D eigenvalue weighted by atomic mass is 10.1. The third-order valence-corrected chi connectivity index (χ3v) is 8.90. The molecule has 0 aromatic heterocycles. The first-order valence-corrected chi connectivity index (χ1v) is 17.4. The van der Waals surface area contributed by atoms with Crippen molar-refractivity contribution in [2.45, 2.75) is 0 Å². The SMILES string of the molecule is C(#Cc1cc(C#Cc2ccc(N(c3ccccc3)c3ccccc3)cc2)c2cccccc1-2)c1ccc(N(c2ccccc2)c2ccccc2)cc1. The Labute approximate surface area is 306 Å². The second-order valence-corrected chi connectivity index (χ2v) is 12.3. The summed E-state index contributed by atoms with van der Waals surface area (Å²) in [6.45, 7) is 0. The molecule has 244 valence electrons. The van der Waals surface area contributed by atoms with Gasteiger partial charge in [-0.1, -0.05) is 127 Å². The van der Waals surface area contributed by atoms with Gasteiger partial charge in [0.15, 0.2) is 0 Å². The number of rotatable bonds is 6. The molecule has 8 rings (SSSR count). The Morgan fingerprint density at radius 3 is 0.827 bits per heavy atom. The smallest absolute Gasteiger partial charge is 0.0462 e. The summed E-state index contributed by atoms with van der Waals surface area (Å²) in [7, 11) is 0. The number of para-hydroxylation sites is 4. The molecule has 0 aliphatic heterocycles. The molecule has 0 N–H and O–H groups in total. The third kappa shape index (κ3) is 7.05. The molecule has 0 atom stereocenters. The molecule has 2 aliphatic carbocycles. The minimum absolute atomic E-state index is 0.951. The first-order valence-electron chi connectivity index (χ1n) is 17.4. The average Bonchev–Trinajstić information content (AvgIpc) is 3.35. The van der Waals surface area contributed by atoms with E-state index in [0.29, 0.717) is 0 Å². The quantitative estimate of drug-likeness (QED) is 0.164. The fourth-order valence-electron chi connectivity index (χ4n) is 6.39. The van der Waals surface area contributed by atoms with E-state index in [-0.39, 0.29) is 0 Å². The van der Waals surface area contributed by atoms with Gasteiger partial charge in [-0.3, -0.25) is 0 Å². The maximum Gasteiger partial charge on any atom is 0.0462 e. The van der Waals surface area contributed by atoms with Gasteiger partial charge in [0, 0.05) is 56.4 Å². The van der Waals surface area contributed by atoms with Crippen LogP contribution >= 0.6 is 0 Å². The number of fused-ring (bicyclic) bond motifs is 1. The maximum absolute atomic E-state index is 3.46. The Bertz CT molecular complexity index is 2230. The zero-order valence-electron chi connectivity index (χ0n) is 28.5. The van der Waals surface area contributed by atoms with Crippen molar-refractivity contribution in [2.75, 3.05) is 9.80 Å². The molecule has 2 aliphatic rings. The molecule has 0 saturated heterocycles. The van der Waals surface area contributed by atoms with Crippen LogP contribution in [0, 0.1) is 23.7 Å². The Morgan fingerprint density at radius 1 is 0.250 bits per heavy atom. The lowest BCUT2D eigenvalue weighted by molar-refractivity contribution is 1.28. The normalized spacial score (nSPS) is 10.4. The highest BCUT2D eigenvalue weighted by Crippen LogP contribution is 2.36. The van der Waals surface area contributed by atoms with Crippen molar-refractivity contribution in [3.63, 3.8) is 0 Å². The van der Waals surface area contributed by atoms with Gasteiger partial charge in [0.25, 0.3) is 0 Å². The van der Waals surface area contributed by atoms with Crippen LogP contribution in [-0.2, 0) is 0 Å². The summed E-state index contributed by atoms with van der Waals surface area (Å²) in [5.41, 5.74) is 12.6. The summed E-state index contributed by atoms with van der Waals surface area (Å²) in [6.07, 6.45) is 0. The molecule has 2 nitrogen and oxygen atoms in total. The molecule has 52 heavy (non-hydrogen) atoms. The van der Waals surface area contributed by atoms with E-state index in [4.69, 9.17) is 0 Å². The highest BCUT2D eigenvalue weighted by molar-refractivity contribution is 5.82. The standard InChI is InChI=1S/C50H34N2/c1-6-16-43(17-7-1)51(44-18-8-2-9-19-44)47-34-28-39(29-35-47)26-32-41-38-42(50-25-15-5-14-24-49(41)50)33-27-40-30-36-48(37-31-40)52(45-20-10-3-11-21-45)46-22-12-4-13-23-46/h1-25,28-31,34-38H. The summed E-state index contributed by atoms with van der Waals surface area (Å²) in [4.78, 5) is 4.51. The first kappa shape index (κ1) is 32.0. The minimum Gasteiger partial charge on any atom is -0.311 e. The highest BCUT2D eigenvalue weighted by Gasteiger charge is 2.14. The predicted octanol–water partition coefficient (Wildman–Crippen LogP) is 12.5. The Morgan fingerprint density at radius 2 is 0.519 bits per heavy atom. The van der Waals surface area contributed by atoms with E-state index in [1.54, 1.807) is 0 Å². The second kappa shape index (κ2) is 15.1. The van der Waals surface area contributed by atoms with Crippen molar-refractivity contribution in [1.82, 2.24) is 0 Å². The zero-order valence-corrected chi connectivity index (χ0v) is 28.5. The number of hydrogen-bond donors (Lipinski definition) is 0. The van der Waals surface area contributed by atoms with Gasteiger partial charge in [-0.2, -0.15) is 0 Å². The molecule has 0 spiro atoms. The molecule has 0 radical (unpaired) electrons. The number of benzene rings is 6. The summed E-state index contributed by atoms with van der Waals surface area (Å²) < 4.78 is 0. The van der Waals surface area contributed by atoms with Gasteiger partial charge in [0.2, 0.25) is 0 Å². The van der Waals surface area contributed by atoms with Crippen LogP contribution in [0.3, 0.4) is 0 Å². The van der Waals surface area contributed by atoms with E-state index in [9.17, 15) is 0 Å². The molecule has 0 fully saturated rings. The van der Waals surface area contributed by atoms with Crippen LogP contribution in [0.25, 0.3) is 11.1 Å². The van der Waals surface area contributed by atoms with Crippen LogP contribution < -0.4 is 9.80 Å². The fraction of sp³-hybridized carbons (Fsp3) is 0. The van der Waals surface area contributed by atoms with Crippen LogP contribution in [0.2, 0.25) is 0 Å². The van der Waals surface area contributed by atoms with Crippen molar-refractivity contribution in [1.29, 1.82) is 0 Å². The van der Waals surface area contributed by atoms with Crippen LogP contribution in [-0.4, -0.2) is 0 Å². The van der Waals surface area contributed by atoms with Crippen LogP contribution in [0.15, 0.2) is 206 Å². The van der Waals surface area contributed by atoms with Crippen molar-refractivity contribution >= 4 is 34.1 Å². The summed E-state index contributed by atoms with van der Waals surface area (Å²) in [5, 5.41) is 0.